The van der Waals surface area contributed by atoms with Crippen molar-refractivity contribution in [1.82, 2.24) is 14.9 Å². The summed E-state index contributed by atoms with van der Waals surface area (Å²) < 4.78 is 26.2. The molecule has 0 heterocycles. The quantitative estimate of drug-likeness (QED) is 0.506. The zero-order valence-electron chi connectivity index (χ0n) is 16.4. The molecule has 0 radical (unpaired) electrons. The maximum Gasteiger partial charge on any atom is 0.242 e. The van der Waals surface area contributed by atoms with E-state index in [-0.39, 0.29) is 11.4 Å². The van der Waals surface area contributed by atoms with Crippen molar-refractivity contribution in [2.75, 3.05) is 27.2 Å². The Labute approximate surface area is 172 Å². The van der Waals surface area contributed by atoms with Gasteiger partial charge in [0.05, 0.1) is 11.4 Å². The minimum absolute atomic E-state index is 0.263. The first kappa shape index (κ1) is 22.2. The normalized spacial score (nSPS) is 12.2. The third-order valence-corrected chi connectivity index (χ3v) is 6.27. The third kappa shape index (κ3) is 6.22. The van der Waals surface area contributed by atoms with E-state index in [2.05, 4.69) is 15.6 Å². The van der Waals surface area contributed by atoms with Crippen LogP contribution in [0.3, 0.4) is 0 Å². The van der Waals surface area contributed by atoms with Gasteiger partial charge in [0.1, 0.15) is 0 Å². The van der Waals surface area contributed by atoms with E-state index in [9.17, 15) is 8.42 Å². The minimum atomic E-state index is -3.51. The number of halogens is 1. The Bertz CT molecular complexity index is 897. The number of benzene rings is 2. The summed E-state index contributed by atoms with van der Waals surface area (Å²) in [5.41, 5.74) is 1.83. The molecule has 2 rings (SSSR count). The number of guanidine groups is 1. The third-order valence-electron chi connectivity index (χ3n) is 4.10. The predicted molar refractivity (Wildman–Crippen MR) is 115 cm³/mol. The molecule has 0 aliphatic heterocycles. The zero-order chi connectivity index (χ0) is 20.6. The second-order valence-electron chi connectivity index (χ2n) is 6.39. The van der Waals surface area contributed by atoms with Crippen molar-refractivity contribution in [3.8, 4) is 0 Å². The molecule has 0 aromatic heterocycles. The van der Waals surface area contributed by atoms with Crippen molar-refractivity contribution < 1.29 is 8.42 Å². The largest absolute Gasteiger partial charge is 0.357 e. The highest BCUT2D eigenvalue weighted by Gasteiger charge is 2.20. The molecule has 2 aromatic carbocycles. The summed E-state index contributed by atoms with van der Waals surface area (Å²) in [4.78, 5) is 4.83. The molecular weight excluding hydrogens is 396 g/mol. The van der Waals surface area contributed by atoms with Crippen LogP contribution in [0.15, 0.2) is 58.4 Å². The Balaban J connectivity index is 2.07. The molecule has 0 atom stereocenters. The van der Waals surface area contributed by atoms with E-state index in [4.69, 9.17) is 11.6 Å². The number of rotatable bonds is 8. The Hall–Kier alpha value is -2.09. The van der Waals surface area contributed by atoms with Gasteiger partial charge >= 0.3 is 0 Å². The molecule has 0 saturated heterocycles. The lowest BCUT2D eigenvalue weighted by Gasteiger charge is -2.15. The van der Waals surface area contributed by atoms with Crippen LogP contribution in [0.1, 0.15) is 18.1 Å². The zero-order valence-corrected chi connectivity index (χ0v) is 18.0. The number of aliphatic imine (C=N–C) groups is 1. The topological polar surface area (TPSA) is 73.8 Å². The molecule has 0 aliphatic rings. The van der Waals surface area contributed by atoms with Gasteiger partial charge in [-0.1, -0.05) is 41.9 Å². The number of hydrogen-bond acceptors (Lipinski definition) is 3. The van der Waals surface area contributed by atoms with Crippen LogP contribution >= 0.6 is 11.6 Å². The standard InChI is InChI=1S/C20H27ClN4O2S/c1-4-22-20(23-14-13-16-9-11-18(21)12-10-16)24-15-17-7-5-6-8-19(17)28(26,27)25(2)3/h5-12H,4,13-15H2,1-3H3,(H2,22,23,24). The van der Waals surface area contributed by atoms with E-state index in [1.165, 1.54) is 24.0 Å². The first-order chi connectivity index (χ1) is 13.3. The van der Waals surface area contributed by atoms with Crippen molar-refractivity contribution in [2.45, 2.75) is 24.8 Å². The van der Waals surface area contributed by atoms with Crippen LogP contribution in [0, 0.1) is 0 Å². The van der Waals surface area contributed by atoms with Crippen LogP contribution in [-0.2, 0) is 23.0 Å². The summed E-state index contributed by atoms with van der Waals surface area (Å²) in [6, 6.07) is 14.7. The molecule has 28 heavy (non-hydrogen) atoms. The van der Waals surface area contributed by atoms with Crippen LogP contribution in [0.25, 0.3) is 0 Å². The van der Waals surface area contributed by atoms with E-state index in [0.717, 1.165) is 11.4 Å². The van der Waals surface area contributed by atoms with Crippen LogP contribution < -0.4 is 10.6 Å². The molecule has 0 saturated carbocycles. The maximum atomic E-state index is 12.5. The lowest BCUT2D eigenvalue weighted by atomic mass is 10.1. The van der Waals surface area contributed by atoms with E-state index < -0.39 is 10.0 Å². The number of nitrogens with one attached hydrogen (secondary N) is 2. The van der Waals surface area contributed by atoms with Crippen molar-refractivity contribution >= 4 is 27.6 Å². The van der Waals surface area contributed by atoms with E-state index in [0.29, 0.717) is 24.6 Å². The first-order valence-electron chi connectivity index (χ1n) is 9.11. The Kier molecular flexibility index (Phi) is 8.29. The predicted octanol–water partition coefficient (Wildman–Crippen LogP) is 2.89. The van der Waals surface area contributed by atoms with Crippen LogP contribution in [0.2, 0.25) is 5.02 Å². The number of hydrogen-bond donors (Lipinski definition) is 2. The summed E-state index contributed by atoms with van der Waals surface area (Å²) >= 11 is 5.91. The van der Waals surface area contributed by atoms with Gasteiger partial charge in [0, 0.05) is 32.2 Å². The molecular formula is C20H27ClN4O2S. The molecule has 152 valence electrons. The van der Waals surface area contributed by atoms with Crippen molar-refractivity contribution in [1.29, 1.82) is 0 Å². The second-order valence-corrected chi connectivity index (χ2v) is 8.95. The van der Waals surface area contributed by atoms with Crippen molar-refractivity contribution in [2.24, 2.45) is 4.99 Å². The van der Waals surface area contributed by atoms with Gasteiger partial charge < -0.3 is 10.6 Å². The molecule has 0 spiro atoms. The SMILES string of the molecule is CCNC(=NCc1ccccc1S(=O)(=O)N(C)C)NCCc1ccc(Cl)cc1. The van der Waals surface area contributed by atoms with Gasteiger partial charge in [-0.25, -0.2) is 17.7 Å². The van der Waals surface area contributed by atoms with E-state index >= 15 is 0 Å². The molecule has 0 unspecified atom stereocenters. The summed E-state index contributed by atoms with van der Waals surface area (Å²) in [5, 5.41) is 7.19. The second kappa shape index (κ2) is 10.5. The fourth-order valence-electron chi connectivity index (χ4n) is 2.57. The number of sulfonamides is 1. The fourth-order valence-corrected chi connectivity index (χ4v) is 3.80. The number of nitrogens with zero attached hydrogens (tertiary/aromatic N) is 2. The minimum Gasteiger partial charge on any atom is -0.357 e. The van der Waals surface area contributed by atoms with Crippen molar-refractivity contribution in [3.05, 3.63) is 64.7 Å². The summed E-state index contributed by atoms with van der Waals surface area (Å²) in [7, 11) is -0.461. The van der Waals surface area contributed by atoms with Gasteiger partial charge in [0.2, 0.25) is 10.0 Å². The average Bonchev–Trinajstić information content (AvgIpc) is 2.67. The molecule has 0 amide bonds. The Morgan fingerprint density at radius 2 is 1.75 bits per heavy atom. The van der Waals surface area contributed by atoms with Gasteiger partial charge in [-0.3, -0.25) is 0 Å². The molecule has 0 bridgehead atoms. The maximum absolute atomic E-state index is 12.5. The van der Waals surface area contributed by atoms with Crippen LogP contribution in [-0.4, -0.2) is 45.9 Å². The van der Waals surface area contributed by atoms with E-state index in [1.807, 2.05) is 37.3 Å². The molecule has 0 fully saturated rings. The summed E-state index contributed by atoms with van der Waals surface area (Å²) in [6.07, 6.45) is 0.827. The van der Waals surface area contributed by atoms with Gasteiger partial charge in [0.15, 0.2) is 5.96 Å². The van der Waals surface area contributed by atoms with E-state index in [1.54, 1.807) is 18.2 Å². The van der Waals surface area contributed by atoms with Gasteiger partial charge in [-0.2, -0.15) is 0 Å². The van der Waals surface area contributed by atoms with Crippen LogP contribution in [0.5, 0.6) is 0 Å². The van der Waals surface area contributed by atoms with Gasteiger partial charge in [0.25, 0.3) is 0 Å². The molecule has 2 aromatic rings. The lowest BCUT2D eigenvalue weighted by Crippen LogP contribution is -2.38. The highest BCUT2D eigenvalue weighted by molar-refractivity contribution is 7.89. The highest BCUT2D eigenvalue weighted by Crippen LogP contribution is 2.19. The summed E-state index contributed by atoms with van der Waals surface area (Å²) in [5.74, 6) is 0.647. The average molecular weight is 423 g/mol. The monoisotopic (exact) mass is 422 g/mol. The van der Waals surface area contributed by atoms with Crippen LogP contribution in [0.4, 0.5) is 0 Å². The smallest absolute Gasteiger partial charge is 0.242 e. The van der Waals surface area contributed by atoms with Crippen molar-refractivity contribution in [3.63, 3.8) is 0 Å². The molecule has 0 aliphatic carbocycles. The Morgan fingerprint density at radius 1 is 1.07 bits per heavy atom. The molecule has 8 heteroatoms. The Morgan fingerprint density at radius 3 is 2.39 bits per heavy atom. The highest BCUT2D eigenvalue weighted by atomic mass is 35.5. The first-order valence-corrected chi connectivity index (χ1v) is 10.9. The summed E-state index contributed by atoms with van der Waals surface area (Å²) in [6.45, 7) is 3.66. The molecule has 2 N–H and O–H groups in total. The fraction of sp³-hybridized carbons (Fsp3) is 0.350. The van der Waals surface area contributed by atoms with Gasteiger partial charge in [-0.15, -0.1) is 0 Å². The van der Waals surface area contributed by atoms with Gasteiger partial charge in [-0.05, 0) is 42.7 Å². The lowest BCUT2D eigenvalue weighted by molar-refractivity contribution is 0.519. The molecule has 6 nitrogen and oxygen atoms in total.